The molecule has 0 spiro atoms. The predicted octanol–water partition coefficient (Wildman–Crippen LogP) is 2.78. The number of amides is 1. The topological polar surface area (TPSA) is 133 Å². The van der Waals surface area contributed by atoms with E-state index in [1.807, 2.05) is 24.3 Å². The van der Waals surface area contributed by atoms with Crippen molar-refractivity contribution in [3.8, 4) is 5.75 Å². The Kier molecular flexibility index (Phi) is 5.54. The molecule has 5 rings (SSSR count). The van der Waals surface area contributed by atoms with E-state index >= 15 is 0 Å². The fourth-order valence-electron chi connectivity index (χ4n) is 3.88. The van der Waals surface area contributed by atoms with Gasteiger partial charge in [0.1, 0.15) is 23.5 Å². The lowest BCUT2D eigenvalue weighted by molar-refractivity contribution is -0.148. The van der Waals surface area contributed by atoms with Crippen LogP contribution in [0.25, 0.3) is 32.7 Å². The third kappa shape index (κ3) is 4.12. The lowest BCUT2D eigenvalue weighted by Crippen LogP contribution is -2.33. The van der Waals surface area contributed by atoms with Crippen molar-refractivity contribution in [3.05, 3.63) is 81.4 Å². The fraction of sp³-hybridized carbons (Fsp3) is 0.120. The number of aromatic nitrogens is 2. The van der Waals surface area contributed by atoms with Gasteiger partial charge in [-0.3, -0.25) is 24.3 Å². The number of furan rings is 1. The van der Waals surface area contributed by atoms with Crippen LogP contribution in [0.1, 0.15) is 0 Å². The Morgan fingerprint density at radius 3 is 2.43 bits per heavy atom. The number of aromatic amines is 1. The summed E-state index contributed by atoms with van der Waals surface area (Å²) in [6.07, 6.45) is 0. The van der Waals surface area contributed by atoms with Gasteiger partial charge in [-0.1, -0.05) is 30.3 Å². The van der Waals surface area contributed by atoms with Gasteiger partial charge in [0.15, 0.2) is 6.61 Å². The first-order chi connectivity index (χ1) is 16.9. The second kappa shape index (κ2) is 8.82. The first-order valence-electron chi connectivity index (χ1n) is 10.6. The Hall–Kier alpha value is -4.86. The number of anilines is 1. The van der Waals surface area contributed by atoms with Crippen LogP contribution in [-0.4, -0.2) is 35.4 Å². The maximum atomic E-state index is 12.5. The predicted molar refractivity (Wildman–Crippen MR) is 129 cm³/mol. The van der Waals surface area contributed by atoms with Crippen molar-refractivity contribution >= 4 is 50.3 Å². The molecule has 2 aromatic heterocycles. The SMILES string of the molecule is COc1cc2c(cc1NC(=O)COC(=O)Cn1[nH]c(=O)c3ccccc3c1=O)oc1ccccc12. The van der Waals surface area contributed by atoms with Gasteiger partial charge in [-0.25, -0.2) is 4.68 Å². The van der Waals surface area contributed by atoms with Crippen molar-refractivity contribution in [2.45, 2.75) is 6.54 Å². The number of fused-ring (bicyclic) bond motifs is 4. The molecule has 0 unspecified atom stereocenters. The number of nitrogens with one attached hydrogen (secondary N) is 2. The highest BCUT2D eigenvalue weighted by atomic mass is 16.5. The first kappa shape index (κ1) is 22.0. The van der Waals surface area contributed by atoms with E-state index in [2.05, 4.69) is 10.4 Å². The summed E-state index contributed by atoms with van der Waals surface area (Å²) in [7, 11) is 1.47. The molecule has 10 heteroatoms. The number of esters is 1. The highest BCUT2D eigenvalue weighted by Gasteiger charge is 2.16. The molecule has 3 aromatic carbocycles. The molecule has 0 fully saturated rings. The van der Waals surface area contributed by atoms with Crippen LogP contribution in [0.15, 0.2) is 74.7 Å². The smallest absolute Gasteiger partial charge is 0.328 e. The van der Waals surface area contributed by atoms with Crippen molar-refractivity contribution in [2.75, 3.05) is 19.0 Å². The number of benzene rings is 3. The van der Waals surface area contributed by atoms with Crippen molar-refractivity contribution in [1.29, 1.82) is 0 Å². The Morgan fingerprint density at radius 2 is 1.66 bits per heavy atom. The number of carbonyl (C=O) groups excluding carboxylic acids is 2. The zero-order chi connectivity index (χ0) is 24.5. The van der Waals surface area contributed by atoms with Crippen LogP contribution in [0.5, 0.6) is 5.75 Å². The molecule has 0 aliphatic carbocycles. The van der Waals surface area contributed by atoms with Crippen LogP contribution in [0, 0.1) is 0 Å². The zero-order valence-electron chi connectivity index (χ0n) is 18.5. The van der Waals surface area contributed by atoms with E-state index in [9.17, 15) is 19.2 Å². The van der Waals surface area contributed by atoms with E-state index in [1.165, 1.54) is 19.2 Å². The van der Waals surface area contributed by atoms with Crippen molar-refractivity contribution in [3.63, 3.8) is 0 Å². The summed E-state index contributed by atoms with van der Waals surface area (Å²) in [5.41, 5.74) is 0.530. The highest BCUT2D eigenvalue weighted by Crippen LogP contribution is 2.36. The molecule has 0 aliphatic rings. The second-order valence-corrected chi connectivity index (χ2v) is 7.73. The summed E-state index contributed by atoms with van der Waals surface area (Å²) in [6, 6.07) is 17.2. The van der Waals surface area contributed by atoms with Crippen molar-refractivity contribution in [2.24, 2.45) is 0 Å². The molecular formula is C25H19N3O7. The second-order valence-electron chi connectivity index (χ2n) is 7.73. The third-order valence-corrected chi connectivity index (χ3v) is 5.51. The summed E-state index contributed by atoms with van der Waals surface area (Å²) in [6.45, 7) is -1.16. The molecule has 0 aliphatic heterocycles. The average molecular weight is 473 g/mol. The van der Waals surface area contributed by atoms with Crippen LogP contribution in [0.2, 0.25) is 0 Å². The van der Waals surface area contributed by atoms with E-state index in [4.69, 9.17) is 13.9 Å². The molecule has 5 aromatic rings. The van der Waals surface area contributed by atoms with Crippen molar-refractivity contribution in [1.82, 2.24) is 9.78 Å². The molecule has 2 heterocycles. The largest absolute Gasteiger partial charge is 0.495 e. The Balaban J connectivity index is 1.29. The normalized spacial score (nSPS) is 11.1. The Bertz CT molecular complexity index is 1730. The van der Waals surface area contributed by atoms with Crippen molar-refractivity contribution < 1.29 is 23.5 Å². The van der Waals surface area contributed by atoms with Gasteiger partial charge < -0.3 is 19.2 Å². The highest BCUT2D eigenvalue weighted by molar-refractivity contribution is 6.07. The number of carbonyl (C=O) groups is 2. The van der Waals surface area contributed by atoms with Gasteiger partial charge in [0.05, 0.1) is 23.6 Å². The number of hydrogen-bond donors (Lipinski definition) is 2. The number of H-pyrrole nitrogens is 1. The van der Waals surface area contributed by atoms with E-state index in [1.54, 1.807) is 24.3 Å². The van der Waals surface area contributed by atoms with Crippen LogP contribution in [0.3, 0.4) is 0 Å². The molecule has 10 nitrogen and oxygen atoms in total. The maximum Gasteiger partial charge on any atom is 0.328 e. The number of rotatable bonds is 6. The maximum absolute atomic E-state index is 12.5. The molecule has 0 bridgehead atoms. The van der Waals surface area contributed by atoms with E-state index in [0.29, 0.717) is 22.6 Å². The van der Waals surface area contributed by atoms with Gasteiger partial charge in [-0.15, -0.1) is 0 Å². The summed E-state index contributed by atoms with van der Waals surface area (Å²) in [4.78, 5) is 49.4. The summed E-state index contributed by atoms with van der Waals surface area (Å²) in [5.74, 6) is -1.08. The van der Waals surface area contributed by atoms with Gasteiger partial charge in [-0.2, -0.15) is 0 Å². The molecule has 2 N–H and O–H groups in total. The summed E-state index contributed by atoms with van der Waals surface area (Å²) in [5, 5.41) is 7.11. The molecule has 176 valence electrons. The van der Waals surface area contributed by atoms with Gasteiger partial charge >= 0.3 is 5.97 Å². The molecular weight excluding hydrogens is 454 g/mol. The van der Waals surface area contributed by atoms with Crippen LogP contribution >= 0.6 is 0 Å². The standard InChI is InChI=1S/C25H19N3O7/c1-33-21-10-17-14-6-4-5-9-19(14)35-20(17)11-18(21)26-22(29)13-34-23(30)12-28-25(32)16-8-3-2-7-15(16)24(31)27-28/h2-11H,12-13H2,1H3,(H,26,29)(H,27,31). The number of hydrogen-bond acceptors (Lipinski definition) is 7. The molecule has 0 saturated heterocycles. The fourth-order valence-corrected chi connectivity index (χ4v) is 3.88. The first-order valence-corrected chi connectivity index (χ1v) is 10.6. The minimum atomic E-state index is -0.868. The van der Waals surface area contributed by atoms with Crippen LogP contribution in [0.4, 0.5) is 5.69 Å². The van der Waals surface area contributed by atoms with Crippen LogP contribution < -0.4 is 21.2 Å². The zero-order valence-corrected chi connectivity index (χ0v) is 18.5. The number of methoxy groups -OCH3 is 1. The number of nitrogens with zero attached hydrogens (tertiary/aromatic N) is 1. The quantitative estimate of drug-likeness (QED) is 0.362. The van der Waals surface area contributed by atoms with Gasteiger partial charge in [0.2, 0.25) is 0 Å². The van der Waals surface area contributed by atoms with Crippen LogP contribution in [-0.2, 0) is 20.9 Å². The van der Waals surface area contributed by atoms with E-state index < -0.39 is 36.1 Å². The third-order valence-electron chi connectivity index (χ3n) is 5.51. The Labute approximate surface area is 196 Å². The van der Waals surface area contributed by atoms with Gasteiger partial charge in [0.25, 0.3) is 17.0 Å². The minimum Gasteiger partial charge on any atom is -0.495 e. The number of ether oxygens (including phenoxy) is 2. The summed E-state index contributed by atoms with van der Waals surface area (Å²) < 4.78 is 17.1. The molecule has 0 saturated carbocycles. The molecule has 0 atom stereocenters. The molecule has 35 heavy (non-hydrogen) atoms. The van der Waals surface area contributed by atoms with E-state index in [0.717, 1.165) is 15.5 Å². The molecule has 1 amide bonds. The number of para-hydroxylation sites is 1. The Morgan fingerprint density at radius 1 is 0.943 bits per heavy atom. The van der Waals surface area contributed by atoms with E-state index in [-0.39, 0.29) is 10.8 Å². The van der Waals surface area contributed by atoms with Gasteiger partial charge in [-0.05, 0) is 24.3 Å². The summed E-state index contributed by atoms with van der Waals surface area (Å²) >= 11 is 0. The van der Waals surface area contributed by atoms with Gasteiger partial charge in [0, 0.05) is 16.8 Å². The molecule has 0 radical (unpaired) electrons. The average Bonchev–Trinajstić information content (AvgIpc) is 3.22. The lowest BCUT2D eigenvalue weighted by atomic mass is 10.1. The lowest BCUT2D eigenvalue weighted by Gasteiger charge is -2.11. The monoisotopic (exact) mass is 473 g/mol. The minimum absolute atomic E-state index is 0.176.